The summed E-state index contributed by atoms with van der Waals surface area (Å²) < 4.78 is 5.38. The van der Waals surface area contributed by atoms with E-state index in [0.717, 1.165) is 18.0 Å². The fourth-order valence-corrected chi connectivity index (χ4v) is 2.19. The lowest BCUT2D eigenvalue weighted by Crippen LogP contribution is -2.26. The number of hydrogen-bond donors (Lipinski definition) is 1. The molecule has 0 bridgehead atoms. The Kier molecular flexibility index (Phi) is 6.58. The minimum atomic E-state index is 0.635. The molecule has 1 aromatic carbocycles. The first kappa shape index (κ1) is 14.8. The molecule has 102 valence electrons. The van der Waals surface area contributed by atoms with E-state index in [1.807, 2.05) is 19.2 Å². The molecule has 1 N–H and O–H groups in total. The number of benzene rings is 1. The number of rotatable bonds is 8. The van der Waals surface area contributed by atoms with Crippen molar-refractivity contribution in [1.82, 2.24) is 5.32 Å². The van der Waals surface area contributed by atoms with Crippen LogP contribution in [0, 0.1) is 0 Å². The molecule has 0 radical (unpaired) electrons. The van der Waals surface area contributed by atoms with Crippen LogP contribution >= 0.6 is 0 Å². The van der Waals surface area contributed by atoms with E-state index in [4.69, 9.17) is 4.74 Å². The molecule has 1 atom stereocenters. The first-order valence-corrected chi connectivity index (χ1v) is 6.74. The van der Waals surface area contributed by atoms with Gasteiger partial charge in [-0.2, -0.15) is 0 Å². The van der Waals surface area contributed by atoms with Crippen LogP contribution in [0.3, 0.4) is 0 Å². The van der Waals surface area contributed by atoms with Crippen molar-refractivity contribution in [3.05, 3.63) is 24.3 Å². The summed E-state index contributed by atoms with van der Waals surface area (Å²) in [4.78, 5) is 2.27. The Morgan fingerprint density at radius 3 is 2.67 bits per heavy atom. The van der Waals surface area contributed by atoms with E-state index < -0.39 is 0 Å². The van der Waals surface area contributed by atoms with Gasteiger partial charge in [-0.15, -0.1) is 0 Å². The Balaban J connectivity index is 2.47. The zero-order valence-electron chi connectivity index (χ0n) is 12.1. The molecule has 0 aromatic heterocycles. The summed E-state index contributed by atoms with van der Waals surface area (Å²) in [6.07, 6.45) is 3.59. The molecular weight excluding hydrogens is 224 g/mol. The van der Waals surface area contributed by atoms with Crippen LogP contribution < -0.4 is 15.0 Å². The van der Waals surface area contributed by atoms with E-state index in [1.165, 1.54) is 19.3 Å². The predicted molar refractivity (Wildman–Crippen MR) is 78.6 cm³/mol. The SMILES string of the molecule is CCC(CCCN(C)c1ccccc1OC)NC. The van der Waals surface area contributed by atoms with Crippen LogP contribution in [0.5, 0.6) is 5.75 Å². The van der Waals surface area contributed by atoms with Crippen molar-refractivity contribution >= 4 is 5.69 Å². The summed E-state index contributed by atoms with van der Waals surface area (Å²) >= 11 is 0. The number of anilines is 1. The number of nitrogens with one attached hydrogen (secondary N) is 1. The Bertz CT molecular complexity index is 337. The molecule has 0 heterocycles. The van der Waals surface area contributed by atoms with Crippen LogP contribution in [-0.2, 0) is 0 Å². The molecule has 0 amide bonds. The highest BCUT2D eigenvalue weighted by Gasteiger charge is 2.08. The van der Waals surface area contributed by atoms with E-state index in [-0.39, 0.29) is 0 Å². The van der Waals surface area contributed by atoms with Gasteiger partial charge in [0.15, 0.2) is 0 Å². The molecular formula is C15H26N2O. The second kappa shape index (κ2) is 7.98. The van der Waals surface area contributed by atoms with Gasteiger partial charge in [-0.05, 0) is 38.4 Å². The van der Waals surface area contributed by atoms with E-state index in [2.05, 4.69) is 36.3 Å². The zero-order valence-corrected chi connectivity index (χ0v) is 12.1. The first-order valence-electron chi connectivity index (χ1n) is 6.74. The second-order valence-corrected chi connectivity index (χ2v) is 4.63. The minimum Gasteiger partial charge on any atom is -0.495 e. The van der Waals surface area contributed by atoms with Crippen LogP contribution in [0.4, 0.5) is 5.69 Å². The van der Waals surface area contributed by atoms with Gasteiger partial charge in [0.25, 0.3) is 0 Å². The third-order valence-corrected chi connectivity index (χ3v) is 3.44. The monoisotopic (exact) mass is 250 g/mol. The normalized spacial score (nSPS) is 12.2. The maximum atomic E-state index is 5.38. The van der Waals surface area contributed by atoms with E-state index in [1.54, 1.807) is 7.11 Å². The molecule has 3 heteroatoms. The molecule has 0 saturated carbocycles. The van der Waals surface area contributed by atoms with Gasteiger partial charge in [-0.25, -0.2) is 0 Å². The van der Waals surface area contributed by atoms with Crippen molar-refractivity contribution in [1.29, 1.82) is 0 Å². The maximum absolute atomic E-state index is 5.38. The Hall–Kier alpha value is -1.22. The predicted octanol–water partition coefficient (Wildman–Crippen LogP) is 2.91. The number of para-hydroxylation sites is 2. The lowest BCUT2D eigenvalue weighted by Gasteiger charge is -2.22. The maximum Gasteiger partial charge on any atom is 0.142 e. The zero-order chi connectivity index (χ0) is 13.4. The summed E-state index contributed by atoms with van der Waals surface area (Å²) in [5.41, 5.74) is 1.16. The van der Waals surface area contributed by atoms with Crippen molar-refractivity contribution in [3.63, 3.8) is 0 Å². The molecule has 3 nitrogen and oxygen atoms in total. The van der Waals surface area contributed by atoms with Crippen molar-refractivity contribution in [2.24, 2.45) is 0 Å². The smallest absolute Gasteiger partial charge is 0.142 e. The van der Waals surface area contributed by atoms with Gasteiger partial charge in [-0.3, -0.25) is 0 Å². The van der Waals surface area contributed by atoms with Crippen molar-refractivity contribution in [2.45, 2.75) is 32.2 Å². The van der Waals surface area contributed by atoms with Crippen LogP contribution in [0.25, 0.3) is 0 Å². The molecule has 0 aliphatic heterocycles. The number of methoxy groups -OCH3 is 1. The van der Waals surface area contributed by atoms with E-state index in [9.17, 15) is 0 Å². The third-order valence-electron chi connectivity index (χ3n) is 3.44. The van der Waals surface area contributed by atoms with Crippen LogP contribution in [0.2, 0.25) is 0 Å². The topological polar surface area (TPSA) is 24.5 Å². The van der Waals surface area contributed by atoms with Gasteiger partial charge in [-0.1, -0.05) is 19.1 Å². The third kappa shape index (κ3) is 4.22. The quantitative estimate of drug-likeness (QED) is 0.768. The Morgan fingerprint density at radius 2 is 2.06 bits per heavy atom. The number of ether oxygens (including phenoxy) is 1. The van der Waals surface area contributed by atoms with Gasteiger partial charge in [0.2, 0.25) is 0 Å². The molecule has 0 aliphatic rings. The van der Waals surface area contributed by atoms with Crippen LogP contribution in [0.15, 0.2) is 24.3 Å². The van der Waals surface area contributed by atoms with Gasteiger partial charge in [0.1, 0.15) is 5.75 Å². The average molecular weight is 250 g/mol. The van der Waals surface area contributed by atoms with Crippen LogP contribution in [0.1, 0.15) is 26.2 Å². The standard InChI is InChI=1S/C15H26N2O/c1-5-13(16-2)9-8-12-17(3)14-10-6-7-11-15(14)18-4/h6-7,10-11,13,16H,5,8-9,12H2,1-4H3. The molecule has 18 heavy (non-hydrogen) atoms. The molecule has 0 fully saturated rings. The van der Waals surface area contributed by atoms with Crippen molar-refractivity contribution in [2.75, 3.05) is 32.6 Å². The van der Waals surface area contributed by atoms with E-state index >= 15 is 0 Å². The summed E-state index contributed by atoms with van der Waals surface area (Å²) in [5, 5.41) is 3.34. The fourth-order valence-electron chi connectivity index (χ4n) is 2.19. The highest BCUT2D eigenvalue weighted by atomic mass is 16.5. The molecule has 1 aromatic rings. The lowest BCUT2D eigenvalue weighted by atomic mass is 10.1. The first-order chi connectivity index (χ1) is 8.72. The highest BCUT2D eigenvalue weighted by molar-refractivity contribution is 5.57. The second-order valence-electron chi connectivity index (χ2n) is 4.63. The molecule has 1 rings (SSSR count). The summed E-state index contributed by atoms with van der Waals surface area (Å²) in [5.74, 6) is 0.945. The summed E-state index contributed by atoms with van der Waals surface area (Å²) in [7, 11) is 5.89. The van der Waals surface area contributed by atoms with Gasteiger partial charge >= 0.3 is 0 Å². The lowest BCUT2D eigenvalue weighted by molar-refractivity contribution is 0.414. The summed E-state index contributed by atoms with van der Waals surface area (Å²) in [6.45, 7) is 3.28. The molecule has 0 spiro atoms. The van der Waals surface area contributed by atoms with Crippen LogP contribution in [-0.4, -0.2) is 33.8 Å². The molecule has 0 saturated heterocycles. The Morgan fingerprint density at radius 1 is 1.33 bits per heavy atom. The summed E-state index contributed by atoms with van der Waals surface area (Å²) in [6, 6.07) is 8.81. The highest BCUT2D eigenvalue weighted by Crippen LogP contribution is 2.26. The van der Waals surface area contributed by atoms with Gasteiger partial charge < -0.3 is 15.0 Å². The molecule has 1 unspecified atom stereocenters. The van der Waals surface area contributed by atoms with Gasteiger partial charge in [0.05, 0.1) is 12.8 Å². The van der Waals surface area contributed by atoms with Crippen molar-refractivity contribution < 1.29 is 4.74 Å². The largest absolute Gasteiger partial charge is 0.495 e. The fraction of sp³-hybridized carbons (Fsp3) is 0.600. The number of nitrogens with zero attached hydrogens (tertiary/aromatic N) is 1. The van der Waals surface area contributed by atoms with Crippen molar-refractivity contribution in [3.8, 4) is 5.75 Å². The molecule has 0 aliphatic carbocycles. The van der Waals surface area contributed by atoms with E-state index in [0.29, 0.717) is 6.04 Å². The number of hydrogen-bond acceptors (Lipinski definition) is 3. The average Bonchev–Trinajstić information content (AvgIpc) is 2.43. The van der Waals surface area contributed by atoms with Gasteiger partial charge in [0, 0.05) is 19.6 Å². The Labute approximate surface area is 111 Å². The minimum absolute atomic E-state index is 0.635.